The summed E-state index contributed by atoms with van der Waals surface area (Å²) >= 11 is 0. The summed E-state index contributed by atoms with van der Waals surface area (Å²) in [6.07, 6.45) is 24.3. The van der Waals surface area contributed by atoms with Crippen molar-refractivity contribution in [1.82, 2.24) is 0 Å². The van der Waals surface area contributed by atoms with E-state index >= 15 is 0 Å². The Morgan fingerprint density at radius 2 is 0.925 bits per heavy atom. The van der Waals surface area contributed by atoms with Crippen molar-refractivity contribution in [3.8, 4) is 0 Å². The highest BCUT2D eigenvalue weighted by atomic mass is 15.2. The minimum Gasteiger partial charge on any atom is -0.331 e. The Bertz CT molecular complexity index is 1320. The molecule has 0 spiro atoms. The van der Waals surface area contributed by atoms with Crippen LogP contribution in [0.25, 0.3) is 0 Å². The van der Waals surface area contributed by atoms with Crippen molar-refractivity contribution < 1.29 is 0 Å². The molecule has 2 atom stereocenters. The molecular weight excluding hydrogens is 484 g/mol. The van der Waals surface area contributed by atoms with Crippen LogP contribution in [0, 0.1) is 0 Å². The van der Waals surface area contributed by atoms with Crippen molar-refractivity contribution in [1.29, 1.82) is 0 Å². The van der Waals surface area contributed by atoms with Gasteiger partial charge < -0.3 is 9.80 Å². The maximum atomic E-state index is 2.59. The van der Waals surface area contributed by atoms with E-state index in [1.54, 1.807) is 0 Å². The van der Waals surface area contributed by atoms with E-state index in [0.29, 0.717) is 0 Å². The van der Waals surface area contributed by atoms with Crippen LogP contribution in [0.2, 0.25) is 0 Å². The van der Waals surface area contributed by atoms with E-state index in [2.05, 4.69) is 159 Å². The van der Waals surface area contributed by atoms with E-state index in [0.717, 1.165) is 38.5 Å². The van der Waals surface area contributed by atoms with Gasteiger partial charge in [-0.2, -0.15) is 0 Å². The van der Waals surface area contributed by atoms with Crippen LogP contribution >= 0.6 is 0 Å². The summed E-state index contributed by atoms with van der Waals surface area (Å²) in [7, 11) is 0. The Morgan fingerprint density at radius 3 is 1.27 bits per heavy atom. The number of allylic oxidation sites excluding steroid dienone is 4. The molecule has 2 nitrogen and oxygen atoms in total. The molecule has 0 aromatic heterocycles. The molecule has 2 heteroatoms. The molecule has 206 valence electrons. The number of rotatable bonds is 10. The van der Waals surface area contributed by atoms with Gasteiger partial charge in [-0.3, -0.25) is 0 Å². The average Bonchev–Trinajstić information content (AvgIpc) is 3.02. The molecule has 40 heavy (non-hydrogen) atoms. The second-order valence-corrected chi connectivity index (χ2v) is 11.1. The van der Waals surface area contributed by atoms with Crippen LogP contribution in [0.15, 0.2) is 121 Å². The van der Waals surface area contributed by atoms with Gasteiger partial charge >= 0.3 is 0 Å². The molecule has 5 rings (SSSR count). The van der Waals surface area contributed by atoms with Crippen LogP contribution in [-0.2, 0) is 12.8 Å². The third-order valence-electron chi connectivity index (χ3n) is 8.87. The highest BCUT2D eigenvalue weighted by molar-refractivity contribution is 5.76. The SMILES string of the molecule is CCc1cccc(N(c2cccc(N(c3cccc(CC)c3)C3(CC)C=CC=CC3)c2)C2(CC)C=CC=CC2)c1. The first-order valence-electron chi connectivity index (χ1n) is 15.1. The summed E-state index contributed by atoms with van der Waals surface area (Å²) in [5.74, 6) is 0. The van der Waals surface area contributed by atoms with Crippen molar-refractivity contribution in [3.05, 3.63) is 133 Å². The van der Waals surface area contributed by atoms with Gasteiger partial charge in [0.05, 0.1) is 11.1 Å². The number of aryl methyl sites for hydroxylation is 2. The zero-order valence-electron chi connectivity index (χ0n) is 24.7. The standard InChI is InChI=1S/C38H44N2/c1-5-31-18-15-20-33(28-31)39(37(7-3)24-11-9-12-25-37)35-22-17-23-36(30-35)40(34-21-16-19-32(6-2)29-34)38(8-4)26-13-10-14-27-38/h9-24,26,28-30H,5-8,25,27H2,1-4H3. The van der Waals surface area contributed by atoms with Gasteiger partial charge in [0.2, 0.25) is 0 Å². The normalized spacial score (nSPS) is 21.5. The van der Waals surface area contributed by atoms with Crippen molar-refractivity contribution >= 4 is 22.7 Å². The highest BCUT2D eigenvalue weighted by Gasteiger charge is 2.37. The fourth-order valence-electron chi connectivity index (χ4n) is 6.41. The Balaban J connectivity index is 1.70. The molecular formula is C38H44N2. The van der Waals surface area contributed by atoms with Crippen molar-refractivity contribution in [2.24, 2.45) is 0 Å². The zero-order valence-corrected chi connectivity index (χ0v) is 24.7. The van der Waals surface area contributed by atoms with Gasteiger partial charge in [-0.25, -0.2) is 0 Å². The molecule has 0 heterocycles. The van der Waals surface area contributed by atoms with Crippen LogP contribution in [0.4, 0.5) is 22.7 Å². The summed E-state index contributed by atoms with van der Waals surface area (Å²) in [4.78, 5) is 5.18. The van der Waals surface area contributed by atoms with E-state index in [1.165, 1.54) is 33.9 Å². The predicted molar refractivity (Wildman–Crippen MR) is 174 cm³/mol. The summed E-state index contributed by atoms with van der Waals surface area (Å²) in [5.41, 5.74) is 7.44. The fraction of sp³-hybridized carbons (Fsp3) is 0.316. The number of benzene rings is 3. The monoisotopic (exact) mass is 528 g/mol. The van der Waals surface area contributed by atoms with Crippen LogP contribution in [-0.4, -0.2) is 11.1 Å². The van der Waals surface area contributed by atoms with E-state index in [9.17, 15) is 0 Å². The van der Waals surface area contributed by atoms with E-state index in [1.807, 2.05) is 0 Å². The van der Waals surface area contributed by atoms with Gasteiger partial charge in [-0.05, 0) is 92.1 Å². The molecule has 2 unspecified atom stereocenters. The third kappa shape index (κ3) is 5.32. The third-order valence-corrected chi connectivity index (χ3v) is 8.87. The quantitative estimate of drug-likeness (QED) is 0.258. The lowest BCUT2D eigenvalue weighted by Crippen LogP contribution is -2.45. The Kier molecular flexibility index (Phi) is 8.45. The van der Waals surface area contributed by atoms with Crippen molar-refractivity contribution in [2.45, 2.75) is 77.3 Å². The molecule has 3 aromatic carbocycles. The largest absolute Gasteiger partial charge is 0.331 e. The Morgan fingerprint density at radius 1 is 0.525 bits per heavy atom. The zero-order chi connectivity index (χ0) is 28.0. The molecule has 0 bridgehead atoms. The molecule has 0 N–H and O–H groups in total. The van der Waals surface area contributed by atoms with Crippen molar-refractivity contribution in [2.75, 3.05) is 9.80 Å². The van der Waals surface area contributed by atoms with Crippen LogP contribution in [0.1, 0.15) is 64.5 Å². The van der Waals surface area contributed by atoms with Crippen LogP contribution < -0.4 is 9.80 Å². The smallest absolute Gasteiger partial charge is 0.0668 e. The van der Waals surface area contributed by atoms with E-state index in [4.69, 9.17) is 0 Å². The van der Waals surface area contributed by atoms with E-state index in [-0.39, 0.29) is 11.1 Å². The molecule has 0 radical (unpaired) electrons. The second-order valence-electron chi connectivity index (χ2n) is 11.1. The van der Waals surface area contributed by atoms with Gasteiger partial charge in [0.25, 0.3) is 0 Å². The van der Waals surface area contributed by atoms with Gasteiger partial charge in [0, 0.05) is 22.7 Å². The van der Waals surface area contributed by atoms with Crippen LogP contribution in [0.3, 0.4) is 0 Å². The minimum atomic E-state index is -0.122. The van der Waals surface area contributed by atoms with Gasteiger partial charge in [-0.15, -0.1) is 0 Å². The number of anilines is 4. The van der Waals surface area contributed by atoms with Gasteiger partial charge in [0.1, 0.15) is 0 Å². The summed E-state index contributed by atoms with van der Waals surface area (Å²) < 4.78 is 0. The Labute approximate surface area is 242 Å². The first-order valence-corrected chi connectivity index (χ1v) is 15.1. The molecule has 3 aromatic rings. The Hall–Kier alpha value is -3.78. The van der Waals surface area contributed by atoms with Gasteiger partial charge in [-0.1, -0.05) is 107 Å². The molecule has 2 aliphatic carbocycles. The first-order chi connectivity index (χ1) is 19.6. The lowest BCUT2D eigenvalue weighted by Gasteiger charge is -2.46. The second kappa shape index (κ2) is 12.2. The predicted octanol–water partition coefficient (Wildman–Crippen LogP) is 10.4. The molecule has 0 amide bonds. The molecule has 0 fully saturated rings. The number of hydrogen-bond donors (Lipinski definition) is 0. The van der Waals surface area contributed by atoms with Crippen LogP contribution in [0.5, 0.6) is 0 Å². The fourth-order valence-corrected chi connectivity index (χ4v) is 6.41. The average molecular weight is 529 g/mol. The molecule has 0 aliphatic heterocycles. The number of hydrogen-bond acceptors (Lipinski definition) is 2. The summed E-state index contributed by atoms with van der Waals surface area (Å²) in [6, 6.07) is 27.5. The summed E-state index contributed by atoms with van der Waals surface area (Å²) in [5, 5.41) is 0. The van der Waals surface area contributed by atoms with Crippen molar-refractivity contribution in [3.63, 3.8) is 0 Å². The molecule has 2 aliphatic rings. The lowest BCUT2D eigenvalue weighted by molar-refractivity contribution is 0.496. The topological polar surface area (TPSA) is 6.48 Å². The van der Waals surface area contributed by atoms with E-state index < -0.39 is 0 Å². The maximum absolute atomic E-state index is 2.59. The highest BCUT2D eigenvalue weighted by Crippen LogP contribution is 2.45. The maximum Gasteiger partial charge on any atom is 0.0668 e. The first kappa shape index (κ1) is 27.8. The summed E-state index contributed by atoms with van der Waals surface area (Å²) in [6.45, 7) is 9.11. The van der Waals surface area contributed by atoms with Gasteiger partial charge in [0.15, 0.2) is 0 Å². The molecule has 0 saturated heterocycles. The molecule has 0 saturated carbocycles. The minimum absolute atomic E-state index is 0.122. The number of nitrogens with zero attached hydrogens (tertiary/aromatic N) is 2. The lowest BCUT2D eigenvalue weighted by atomic mass is 9.84.